The Hall–Kier alpha value is -1.66. The highest BCUT2D eigenvalue weighted by Gasteiger charge is 2.44. The van der Waals surface area contributed by atoms with Crippen LogP contribution < -0.4 is 10.6 Å². The molecule has 0 saturated carbocycles. The van der Waals surface area contributed by atoms with Crippen molar-refractivity contribution in [2.45, 2.75) is 29.6 Å². The van der Waals surface area contributed by atoms with Crippen molar-refractivity contribution in [1.29, 1.82) is 0 Å². The molecule has 1 aliphatic rings. The number of nitrogens with zero attached hydrogens (tertiary/aromatic N) is 4. The van der Waals surface area contributed by atoms with Gasteiger partial charge in [0.15, 0.2) is 0 Å². The van der Waals surface area contributed by atoms with Crippen LogP contribution in [0.1, 0.15) is 0 Å². The van der Waals surface area contributed by atoms with Crippen molar-refractivity contribution in [3.05, 3.63) is 6.33 Å². The molecule has 0 spiro atoms. The molecule has 2 aromatic heterocycles. The van der Waals surface area contributed by atoms with E-state index in [9.17, 15) is 10.2 Å². The molecule has 1 saturated heterocycles. The average Bonchev–Trinajstić information content (AvgIpc) is 3.03. The lowest BCUT2D eigenvalue weighted by Crippen LogP contribution is -2.38. The zero-order valence-electron chi connectivity index (χ0n) is 11.5. The van der Waals surface area contributed by atoms with E-state index in [0.29, 0.717) is 16.2 Å². The molecule has 0 aliphatic carbocycles. The molecule has 22 heavy (non-hydrogen) atoms. The molecule has 10 nitrogen and oxygen atoms in total. The van der Waals surface area contributed by atoms with Gasteiger partial charge in [-0.1, -0.05) is 0 Å². The van der Waals surface area contributed by atoms with Crippen LogP contribution in [-0.2, 0) is 4.74 Å². The molecule has 1 aliphatic heterocycles. The van der Waals surface area contributed by atoms with Crippen molar-refractivity contribution < 1.29 is 24.9 Å². The number of aromatic nitrogens is 4. The third kappa shape index (κ3) is 2.46. The molecular formula is C11H15N5O5S. The molecule has 0 unspecified atom stereocenters. The Kier molecular flexibility index (Phi) is 4.06. The fourth-order valence-electron chi connectivity index (χ4n) is 2.15. The summed E-state index contributed by atoms with van der Waals surface area (Å²) in [4.78, 5) is 17.7. The Morgan fingerprint density at radius 2 is 2.18 bits per heavy atom. The summed E-state index contributed by atoms with van der Waals surface area (Å²) in [6.07, 6.45) is -1.48. The topological polar surface area (TPSA) is 149 Å². The van der Waals surface area contributed by atoms with Gasteiger partial charge in [0.1, 0.15) is 35.2 Å². The first-order valence-electron chi connectivity index (χ1n) is 6.39. The molecule has 0 aromatic carbocycles. The molecule has 3 heterocycles. The molecule has 2 aromatic rings. The molecule has 3 rings (SSSR count). The quantitative estimate of drug-likeness (QED) is 0.366. The zero-order valence-corrected chi connectivity index (χ0v) is 12.3. The summed E-state index contributed by atoms with van der Waals surface area (Å²) < 4.78 is 6.43. The Morgan fingerprint density at radius 1 is 1.41 bits per heavy atom. The fourth-order valence-corrected chi connectivity index (χ4v) is 2.68. The number of nitrogen functional groups attached to an aromatic ring is 1. The lowest BCUT2D eigenvalue weighted by Gasteiger charge is -2.16. The maximum absolute atomic E-state index is 9.88. The molecule has 0 amide bonds. The lowest BCUT2D eigenvalue weighted by molar-refractivity contribution is -0.169. The van der Waals surface area contributed by atoms with Crippen LogP contribution in [-0.4, -0.2) is 72.5 Å². The second-order valence-electron chi connectivity index (χ2n) is 4.65. The average molecular weight is 329 g/mol. The number of hydrogen-bond donors (Lipinski definition) is 4. The second kappa shape index (κ2) is 5.85. The number of thioether (sulfide) groups is 1. The van der Waals surface area contributed by atoms with Gasteiger partial charge in [-0.15, -0.1) is 16.5 Å². The predicted octanol–water partition coefficient (Wildman–Crippen LogP) is -2.00. The normalized spacial score (nSPS) is 28.4. The maximum Gasteiger partial charge on any atom is 0.254 e. The summed E-state index contributed by atoms with van der Waals surface area (Å²) in [5.74, 6) is 0.0587. The number of anilines is 1. The van der Waals surface area contributed by atoms with Crippen LogP contribution >= 0.6 is 11.8 Å². The Balaban J connectivity index is 1.90. The summed E-state index contributed by atoms with van der Waals surface area (Å²) in [6.45, 7) is -0.436. The van der Waals surface area contributed by atoms with Gasteiger partial charge < -0.3 is 30.6 Å². The smallest absolute Gasteiger partial charge is 0.254 e. The Bertz CT molecular complexity index is 682. The second-order valence-corrected chi connectivity index (χ2v) is 5.44. The highest BCUT2D eigenvalue weighted by Crippen LogP contribution is 2.24. The van der Waals surface area contributed by atoms with E-state index >= 15 is 0 Å². The van der Waals surface area contributed by atoms with Crippen molar-refractivity contribution >= 4 is 28.9 Å². The van der Waals surface area contributed by atoms with Crippen LogP contribution in [0.4, 0.5) is 5.95 Å². The van der Waals surface area contributed by atoms with Gasteiger partial charge in [-0.05, 0) is 6.26 Å². The van der Waals surface area contributed by atoms with Gasteiger partial charge in [0.25, 0.3) is 6.29 Å². The minimum atomic E-state index is -1.31. The number of nitrogens with two attached hydrogens (primary N) is 1. The van der Waals surface area contributed by atoms with Gasteiger partial charge in [-0.2, -0.15) is 4.98 Å². The summed E-state index contributed by atoms with van der Waals surface area (Å²) in [5, 5.41) is 29.2. The van der Waals surface area contributed by atoms with Crippen LogP contribution in [0.25, 0.3) is 11.2 Å². The zero-order chi connectivity index (χ0) is 15.9. The number of ether oxygens (including phenoxy) is 1. The number of aliphatic hydroxyl groups is 3. The fraction of sp³-hybridized carbons (Fsp3) is 0.545. The highest BCUT2D eigenvalue weighted by atomic mass is 32.2. The van der Waals surface area contributed by atoms with Crippen molar-refractivity contribution in [2.24, 2.45) is 0 Å². The van der Waals surface area contributed by atoms with Gasteiger partial charge in [-0.3, -0.25) is 0 Å². The molecule has 11 heteroatoms. The third-order valence-electron chi connectivity index (χ3n) is 3.26. The van der Waals surface area contributed by atoms with E-state index < -0.39 is 31.2 Å². The molecule has 4 atom stereocenters. The first-order chi connectivity index (χ1) is 10.5. The molecule has 0 radical (unpaired) electrons. The first kappa shape index (κ1) is 15.2. The standard InChI is InChI=1S/C11H15N5O5S/c1-22-9-5-8(14-11(12)15-9)16(3-13-5)21-10-7(19)6(18)4(2-17)20-10/h3-4,6-7,10,17-19H,2H2,1H3,(H2,12,14,15)/t4-,6-,7-,10+/m1/s1. The van der Waals surface area contributed by atoms with Crippen molar-refractivity contribution in [3.8, 4) is 0 Å². The van der Waals surface area contributed by atoms with Gasteiger partial charge in [-0.25, -0.2) is 9.97 Å². The number of aliphatic hydroxyl groups excluding tert-OH is 3. The molecule has 1 fully saturated rings. The third-order valence-corrected chi connectivity index (χ3v) is 3.93. The number of rotatable bonds is 4. The minimum absolute atomic E-state index is 0.0587. The highest BCUT2D eigenvalue weighted by molar-refractivity contribution is 7.98. The summed E-state index contributed by atoms with van der Waals surface area (Å²) >= 11 is 1.36. The number of fused-ring (bicyclic) bond motifs is 1. The van der Waals surface area contributed by atoms with Crippen molar-refractivity contribution in [3.63, 3.8) is 0 Å². The minimum Gasteiger partial charge on any atom is -0.394 e. The lowest BCUT2D eigenvalue weighted by atomic mass is 10.1. The van der Waals surface area contributed by atoms with Gasteiger partial charge >= 0.3 is 0 Å². The van der Waals surface area contributed by atoms with Gasteiger partial charge in [0.2, 0.25) is 11.6 Å². The van der Waals surface area contributed by atoms with E-state index in [1.165, 1.54) is 22.8 Å². The van der Waals surface area contributed by atoms with Crippen LogP contribution in [0.2, 0.25) is 0 Å². The van der Waals surface area contributed by atoms with Crippen LogP contribution in [0.15, 0.2) is 11.4 Å². The Morgan fingerprint density at radius 3 is 2.82 bits per heavy atom. The summed E-state index contributed by atoms with van der Waals surface area (Å²) in [5.41, 5.74) is 6.45. The first-order valence-corrected chi connectivity index (χ1v) is 7.61. The van der Waals surface area contributed by atoms with E-state index in [-0.39, 0.29) is 5.95 Å². The van der Waals surface area contributed by atoms with Crippen LogP contribution in [0.3, 0.4) is 0 Å². The largest absolute Gasteiger partial charge is 0.394 e. The van der Waals surface area contributed by atoms with Crippen LogP contribution in [0.5, 0.6) is 0 Å². The summed E-state index contributed by atoms with van der Waals surface area (Å²) in [6, 6.07) is 0. The van der Waals surface area contributed by atoms with Crippen molar-refractivity contribution in [1.82, 2.24) is 19.7 Å². The van der Waals surface area contributed by atoms with E-state index in [2.05, 4.69) is 15.0 Å². The number of imidazole rings is 1. The molecule has 5 N–H and O–H groups in total. The maximum atomic E-state index is 9.88. The molecule has 0 bridgehead atoms. The predicted molar refractivity (Wildman–Crippen MR) is 75.9 cm³/mol. The molecule has 120 valence electrons. The summed E-state index contributed by atoms with van der Waals surface area (Å²) in [7, 11) is 0. The van der Waals surface area contributed by atoms with E-state index in [0.717, 1.165) is 0 Å². The molecular weight excluding hydrogens is 314 g/mol. The monoisotopic (exact) mass is 329 g/mol. The number of hydrogen-bond acceptors (Lipinski definition) is 10. The Labute approximate surface area is 128 Å². The van der Waals surface area contributed by atoms with Gasteiger partial charge in [0, 0.05) is 0 Å². The SMILES string of the molecule is CSc1nc(N)nc2c1ncn2O[C@@H]1O[C@H](CO)[C@@H](O)[C@H]1O. The van der Waals surface area contributed by atoms with E-state index in [1.807, 2.05) is 6.26 Å². The van der Waals surface area contributed by atoms with Crippen molar-refractivity contribution in [2.75, 3.05) is 18.6 Å². The van der Waals surface area contributed by atoms with Gasteiger partial charge in [0.05, 0.1) is 6.61 Å². The van der Waals surface area contributed by atoms with E-state index in [4.69, 9.17) is 20.4 Å². The van der Waals surface area contributed by atoms with E-state index in [1.54, 1.807) is 0 Å². The van der Waals surface area contributed by atoms with Crippen LogP contribution in [0, 0.1) is 0 Å².